The number of carbonyl (C=O) groups excluding carboxylic acids is 2. The van der Waals surface area contributed by atoms with Crippen molar-refractivity contribution in [3.05, 3.63) is 30.3 Å². The molecule has 1 aromatic rings. The highest BCUT2D eigenvalue weighted by Gasteiger charge is 2.41. The standard InChI is InChI=1S/C12H17NO2Si/c1-3-13(4-2)16(10-14,11-15)12-8-6-5-7-9-12/h5-11H,3-4H2,1-2H3. The smallest absolute Gasteiger partial charge is 0.299 e. The van der Waals surface area contributed by atoms with E-state index in [1.165, 1.54) is 0 Å². The Morgan fingerprint density at radius 2 is 1.56 bits per heavy atom. The summed E-state index contributed by atoms with van der Waals surface area (Å²) in [6, 6.07) is 9.36. The molecule has 1 aromatic carbocycles. The fraction of sp³-hybridized carbons (Fsp3) is 0.333. The van der Waals surface area contributed by atoms with E-state index in [1.54, 1.807) is 0 Å². The normalized spacial score (nSPS) is 11.4. The molecule has 0 saturated heterocycles. The summed E-state index contributed by atoms with van der Waals surface area (Å²) in [5.74, 6) is 1.73. The van der Waals surface area contributed by atoms with Gasteiger partial charge in [-0.25, -0.2) is 0 Å². The van der Waals surface area contributed by atoms with Crippen molar-refractivity contribution in [3.63, 3.8) is 0 Å². The minimum absolute atomic E-state index is 0.717. The van der Waals surface area contributed by atoms with Gasteiger partial charge in [0.05, 0.1) is 0 Å². The molecule has 0 fully saturated rings. The zero-order valence-corrected chi connectivity index (χ0v) is 10.7. The van der Waals surface area contributed by atoms with E-state index in [-0.39, 0.29) is 0 Å². The van der Waals surface area contributed by atoms with Gasteiger partial charge in [-0.3, -0.25) is 0 Å². The van der Waals surface area contributed by atoms with Crippen molar-refractivity contribution in [2.24, 2.45) is 0 Å². The van der Waals surface area contributed by atoms with Crippen molar-refractivity contribution in [2.45, 2.75) is 13.8 Å². The first-order valence-corrected chi connectivity index (χ1v) is 7.58. The second kappa shape index (κ2) is 5.72. The van der Waals surface area contributed by atoms with E-state index in [0.29, 0.717) is 0 Å². The number of benzene rings is 1. The van der Waals surface area contributed by atoms with E-state index in [1.807, 2.05) is 48.7 Å². The van der Waals surface area contributed by atoms with Crippen molar-refractivity contribution in [2.75, 3.05) is 13.1 Å². The summed E-state index contributed by atoms with van der Waals surface area (Å²) in [6.07, 6.45) is 0. The van der Waals surface area contributed by atoms with Crippen LogP contribution in [0.1, 0.15) is 13.8 Å². The third kappa shape index (κ3) is 2.12. The number of nitrogens with zero attached hydrogens (tertiary/aromatic N) is 1. The van der Waals surface area contributed by atoms with Crippen LogP contribution in [0.5, 0.6) is 0 Å². The third-order valence-corrected chi connectivity index (χ3v) is 6.54. The molecular weight excluding hydrogens is 218 g/mol. The molecule has 0 aliphatic heterocycles. The Hall–Kier alpha value is -1.26. The molecule has 0 spiro atoms. The second-order valence-electron chi connectivity index (χ2n) is 3.60. The van der Waals surface area contributed by atoms with Crippen LogP contribution < -0.4 is 5.19 Å². The average Bonchev–Trinajstić information content (AvgIpc) is 2.37. The lowest BCUT2D eigenvalue weighted by Crippen LogP contribution is -2.65. The number of carbonyl (C=O) groups is 2. The van der Waals surface area contributed by atoms with Crippen LogP contribution in [0.25, 0.3) is 0 Å². The quantitative estimate of drug-likeness (QED) is 0.539. The molecule has 0 amide bonds. The highest BCUT2D eigenvalue weighted by molar-refractivity contribution is 7.24. The molecule has 0 atom stereocenters. The van der Waals surface area contributed by atoms with E-state index in [2.05, 4.69) is 0 Å². The van der Waals surface area contributed by atoms with Crippen molar-refractivity contribution in [3.8, 4) is 0 Å². The molecule has 0 heterocycles. The van der Waals surface area contributed by atoms with E-state index >= 15 is 0 Å². The predicted molar refractivity (Wildman–Crippen MR) is 68.3 cm³/mol. The lowest BCUT2D eigenvalue weighted by molar-refractivity contribution is 0.474. The minimum atomic E-state index is -2.78. The Kier molecular flexibility index (Phi) is 4.58. The van der Waals surface area contributed by atoms with E-state index in [4.69, 9.17) is 0 Å². The summed E-state index contributed by atoms with van der Waals surface area (Å²) in [6.45, 7) is 5.38. The first kappa shape index (κ1) is 12.8. The number of hydrogen-bond acceptors (Lipinski definition) is 3. The topological polar surface area (TPSA) is 37.4 Å². The Balaban J connectivity index is 3.25. The van der Waals surface area contributed by atoms with Gasteiger partial charge >= 0.3 is 0 Å². The molecule has 16 heavy (non-hydrogen) atoms. The molecule has 0 saturated carbocycles. The zero-order chi connectivity index (χ0) is 12.0. The van der Waals surface area contributed by atoms with Gasteiger partial charge in [-0.1, -0.05) is 44.2 Å². The van der Waals surface area contributed by atoms with Crippen LogP contribution in [0.4, 0.5) is 0 Å². The molecule has 0 radical (unpaired) electrons. The van der Waals surface area contributed by atoms with Crippen molar-refractivity contribution in [1.82, 2.24) is 4.57 Å². The van der Waals surface area contributed by atoms with Crippen LogP contribution in [-0.2, 0) is 9.59 Å². The van der Waals surface area contributed by atoms with Gasteiger partial charge in [0.2, 0.25) is 0 Å². The van der Waals surface area contributed by atoms with Gasteiger partial charge < -0.3 is 14.2 Å². The van der Waals surface area contributed by atoms with Gasteiger partial charge in [0, 0.05) is 0 Å². The largest absolute Gasteiger partial charge is 0.310 e. The fourth-order valence-electron chi connectivity index (χ4n) is 1.95. The Labute approximate surface area is 97.2 Å². The molecule has 3 nitrogen and oxygen atoms in total. The van der Waals surface area contributed by atoms with Gasteiger partial charge in [-0.2, -0.15) is 0 Å². The molecule has 0 aliphatic carbocycles. The molecule has 0 bridgehead atoms. The predicted octanol–water partition coefficient (Wildman–Crippen LogP) is 0.725. The summed E-state index contributed by atoms with van der Waals surface area (Å²) in [4.78, 5) is 22.8. The van der Waals surface area contributed by atoms with Gasteiger partial charge in [0.15, 0.2) is 0 Å². The Morgan fingerprint density at radius 1 is 1.06 bits per heavy atom. The Bertz CT molecular complexity index is 341. The molecule has 4 heteroatoms. The van der Waals surface area contributed by atoms with E-state index in [9.17, 15) is 9.59 Å². The third-order valence-electron chi connectivity index (χ3n) is 2.88. The molecule has 0 aliphatic rings. The van der Waals surface area contributed by atoms with Crippen molar-refractivity contribution in [1.29, 1.82) is 0 Å². The fourth-order valence-corrected chi connectivity index (χ4v) is 4.71. The maximum Gasteiger partial charge on any atom is 0.299 e. The first-order valence-electron chi connectivity index (χ1n) is 5.48. The lowest BCUT2D eigenvalue weighted by atomic mass is 10.4. The maximum atomic E-state index is 11.4. The van der Waals surface area contributed by atoms with Crippen LogP contribution in [0.2, 0.25) is 0 Å². The molecular formula is C12H17NO2Si. The highest BCUT2D eigenvalue weighted by atomic mass is 28.3. The highest BCUT2D eigenvalue weighted by Crippen LogP contribution is 2.05. The maximum absolute atomic E-state index is 11.4. The van der Waals surface area contributed by atoms with Gasteiger partial charge in [-0.05, 0) is 18.3 Å². The second-order valence-corrected chi connectivity index (χ2v) is 6.93. The van der Waals surface area contributed by atoms with Crippen LogP contribution in [0.3, 0.4) is 0 Å². The molecule has 86 valence electrons. The SMILES string of the molecule is CCN(CC)[Si](C=O)(C=O)c1ccccc1. The van der Waals surface area contributed by atoms with Crippen molar-refractivity contribution >= 4 is 25.2 Å². The number of hydrogen-bond donors (Lipinski definition) is 0. The minimum Gasteiger partial charge on any atom is -0.310 e. The van der Waals surface area contributed by atoms with Crippen LogP contribution in [-0.4, -0.2) is 37.7 Å². The Morgan fingerprint density at radius 3 is 1.94 bits per heavy atom. The monoisotopic (exact) mass is 235 g/mol. The lowest BCUT2D eigenvalue weighted by Gasteiger charge is -2.32. The van der Waals surface area contributed by atoms with Gasteiger partial charge in [-0.15, -0.1) is 0 Å². The van der Waals surface area contributed by atoms with Gasteiger partial charge in [0.1, 0.15) is 11.8 Å². The zero-order valence-electron chi connectivity index (χ0n) is 9.72. The van der Waals surface area contributed by atoms with Crippen LogP contribution in [0.15, 0.2) is 30.3 Å². The first-order chi connectivity index (χ1) is 7.75. The average molecular weight is 235 g/mol. The van der Waals surface area contributed by atoms with E-state index < -0.39 is 8.24 Å². The summed E-state index contributed by atoms with van der Waals surface area (Å²) in [5.41, 5.74) is 0. The number of rotatable bonds is 6. The summed E-state index contributed by atoms with van der Waals surface area (Å²) in [7, 11) is -2.78. The van der Waals surface area contributed by atoms with Crippen LogP contribution in [0, 0.1) is 0 Å². The molecule has 1 rings (SSSR count). The summed E-state index contributed by atoms with van der Waals surface area (Å²) >= 11 is 0. The summed E-state index contributed by atoms with van der Waals surface area (Å²) in [5, 5.41) is 0.865. The molecule has 0 unspecified atom stereocenters. The summed E-state index contributed by atoms with van der Waals surface area (Å²) < 4.78 is 1.99. The van der Waals surface area contributed by atoms with Crippen LogP contribution >= 0.6 is 0 Å². The van der Waals surface area contributed by atoms with E-state index in [0.717, 1.165) is 30.1 Å². The van der Waals surface area contributed by atoms with Crippen molar-refractivity contribution < 1.29 is 9.59 Å². The molecule has 0 aromatic heterocycles. The van der Waals surface area contributed by atoms with Gasteiger partial charge in [0.25, 0.3) is 8.24 Å². The molecule has 0 N–H and O–H groups in total.